The molecule has 1 aliphatic heterocycles. The van der Waals surface area contributed by atoms with Gasteiger partial charge in [0, 0.05) is 18.7 Å². The molecule has 0 unspecified atom stereocenters. The zero-order valence-electron chi connectivity index (χ0n) is 14.2. The quantitative estimate of drug-likeness (QED) is 0.679. The van der Waals surface area contributed by atoms with Gasteiger partial charge in [0.1, 0.15) is 11.0 Å². The van der Waals surface area contributed by atoms with E-state index in [0.717, 1.165) is 0 Å². The molecule has 0 radical (unpaired) electrons. The number of benzene rings is 1. The van der Waals surface area contributed by atoms with E-state index in [1.165, 1.54) is 4.90 Å². The number of amides is 1. The highest BCUT2D eigenvalue weighted by atomic mass is 16.6. The first-order valence-corrected chi connectivity index (χ1v) is 7.97. The van der Waals surface area contributed by atoms with Crippen LogP contribution < -0.4 is 0 Å². The minimum atomic E-state index is -1.49. The molecule has 6 heteroatoms. The molecule has 1 heterocycles. The lowest BCUT2D eigenvalue weighted by Crippen LogP contribution is -2.51. The van der Waals surface area contributed by atoms with E-state index in [1.807, 2.05) is 0 Å². The Labute approximate surface area is 141 Å². The highest BCUT2D eigenvalue weighted by molar-refractivity contribution is 6.12. The Bertz CT molecular complexity index is 625. The Hall–Kier alpha value is -2.37. The van der Waals surface area contributed by atoms with Gasteiger partial charge in [0.05, 0.1) is 0 Å². The van der Waals surface area contributed by atoms with Crippen molar-refractivity contribution < 1.29 is 24.2 Å². The molecular formula is C18H23NO5. The van der Waals surface area contributed by atoms with Gasteiger partial charge < -0.3 is 14.7 Å². The molecule has 1 aromatic carbocycles. The smallest absolute Gasteiger partial charge is 0.410 e. The molecule has 0 aromatic heterocycles. The van der Waals surface area contributed by atoms with Crippen molar-refractivity contribution in [2.45, 2.75) is 39.2 Å². The van der Waals surface area contributed by atoms with Gasteiger partial charge in [-0.2, -0.15) is 0 Å². The molecule has 1 aliphatic rings. The third-order valence-corrected chi connectivity index (χ3v) is 4.15. The van der Waals surface area contributed by atoms with Gasteiger partial charge >= 0.3 is 12.1 Å². The van der Waals surface area contributed by atoms with Crippen molar-refractivity contribution in [1.82, 2.24) is 4.90 Å². The number of rotatable bonds is 3. The van der Waals surface area contributed by atoms with E-state index < -0.39 is 28.9 Å². The first kappa shape index (κ1) is 18.0. The number of carboxylic acid groups (broad SMARTS) is 1. The summed E-state index contributed by atoms with van der Waals surface area (Å²) in [4.78, 5) is 38.2. The van der Waals surface area contributed by atoms with Crippen molar-refractivity contribution in [1.29, 1.82) is 0 Å². The Kier molecular flexibility index (Phi) is 4.96. The fourth-order valence-electron chi connectivity index (χ4n) is 2.80. The van der Waals surface area contributed by atoms with Crippen LogP contribution in [0.5, 0.6) is 0 Å². The minimum absolute atomic E-state index is 0.0787. The highest BCUT2D eigenvalue weighted by Crippen LogP contribution is 2.36. The van der Waals surface area contributed by atoms with Crippen molar-refractivity contribution in [3.05, 3.63) is 35.9 Å². The van der Waals surface area contributed by atoms with Crippen LogP contribution in [0.4, 0.5) is 4.79 Å². The molecule has 1 N–H and O–H groups in total. The monoisotopic (exact) mass is 333 g/mol. The Morgan fingerprint density at radius 1 is 1.08 bits per heavy atom. The zero-order valence-corrected chi connectivity index (χ0v) is 14.2. The Balaban J connectivity index is 2.14. The van der Waals surface area contributed by atoms with E-state index in [-0.39, 0.29) is 25.9 Å². The first-order valence-electron chi connectivity index (χ1n) is 7.97. The molecule has 0 bridgehead atoms. The third-order valence-electron chi connectivity index (χ3n) is 4.15. The number of ether oxygens (including phenoxy) is 1. The molecule has 24 heavy (non-hydrogen) atoms. The number of aliphatic carboxylic acids is 1. The maximum absolute atomic E-state index is 12.8. The van der Waals surface area contributed by atoms with E-state index in [1.54, 1.807) is 51.1 Å². The predicted octanol–water partition coefficient (Wildman–Crippen LogP) is 2.97. The number of nitrogens with zero attached hydrogens (tertiary/aromatic N) is 1. The number of piperidine rings is 1. The molecular weight excluding hydrogens is 310 g/mol. The second-order valence-electron chi connectivity index (χ2n) is 7.05. The largest absolute Gasteiger partial charge is 0.480 e. The molecule has 1 amide bonds. The number of Topliss-reactive ketones (excluding diaryl/α,β-unsaturated/α-hetero) is 1. The van der Waals surface area contributed by atoms with Gasteiger partial charge in [0.2, 0.25) is 0 Å². The van der Waals surface area contributed by atoms with Crippen LogP contribution >= 0.6 is 0 Å². The summed E-state index contributed by atoms with van der Waals surface area (Å²) in [6.45, 7) is 5.68. The maximum atomic E-state index is 12.8. The summed E-state index contributed by atoms with van der Waals surface area (Å²) in [7, 11) is 0. The van der Waals surface area contributed by atoms with Crippen LogP contribution in [-0.2, 0) is 9.53 Å². The number of carbonyl (C=O) groups is 3. The number of carbonyl (C=O) groups excluding carboxylic acids is 2. The second-order valence-corrected chi connectivity index (χ2v) is 7.05. The van der Waals surface area contributed by atoms with Crippen LogP contribution in [0.15, 0.2) is 30.3 Å². The lowest BCUT2D eigenvalue weighted by Gasteiger charge is -2.38. The number of carboxylic acids is 1. The van der Waals surface area contributed by atoms with E-state index in [4.69, 9.17) is 4.74 Å². The molecule has 6 nitrogen and oxygen atoms in total. The molecule has 1 fully saturated rings. The van der Waals surface area contributed by atoms with Gasteiger partial charge in [-0.1, -0.05) is 30.3 Å². The van der Waals surface area contributed by atoms with Gasteiger partial charge in [0.25, 0.3) is 0 Å². The van der Waals surface area contributed by atoms with Crippen molar-refractivity contribution in [3.63, 3.8) is 0 Å². The van der Waals surface area contributed by atoms with E-state index in [2.05, 4.69) is 0 Å². The van der Waals surface area contributed by atoms with Crippen LogP contribution in [0.3, 0.4) is 0 Å². The van der Waals surface area contributed by atoms with Crippen molar-refractivity contribution >= 4 is 17.8 Å². The number of hydrogen-bond donors (Lipinski definition) is 1. The molecule has 130 valence electrons. The number of likely N-dealkylation sites (tertiary alicyclic amines) is 1. The van der Waals surface area contributed by atoms with E-state index >= 15 is 0 Å². The summed E-state index contributed by atoms with van der Waals surface area (Å²) < 4.78 is 5.31. The number of ketones is 1. The average molecular weight is 333 g/mol. The van der Waals surface area contributed by atoms with Crippen LogP contribution in [0, 0.1) is 5.41 Å². The van der Waals surface area contributed by atoms with Crippen LogP contribution in [0.1, 0.15) is 44.0 Å². The highest BCUT2D eigenvalue weighted by Gasteiger charge is 2.49. The predicted molar refractivity (Wildman–Crippen MR) is 87.9 cm³/mol. The molecule has 1 aromatic rings. The second kappa shape index (κ2) is 6.63. The molecule has 2 rings (SSSR count). The fraction of sp³-hybridized carbons (Fsp3) is 0.500. The number of hydrogen-bond acceptors (Lipinski definition) is 4. The molecule has 1 saturated heterocycles. The molecule has 0 saturated carbocycles. The Morgan fingerprint density at radius 3 is 2.08 bits per heavy atom. The van der Waals surface area contributed by atoms with Gasteiger partial charge in [-0.15, -0.1) is 0 Å². The summed E-state index contributed by atoms with van der Waals surface area (Å²) in [5.74, 6) is -1.54. The van der Waals surface area contributed by atoms with Gasteiger partial charge in [-0.05, 0) is 33.6 Å². The van der Waals surface area contributed by atoms with Crippen molar-refractivity contribution in [2.75, 3.05) is 13.1 Å². The summed E-state index contributed by atoms with van der Waals surface area (Å²) in [6.07, 6.45) is -0.321. The molecule has 0 aliphatic carbocycles. The normalized spacial score (nSPS) is 17.2. The Morgan fingerprint density at radius 2 is 1.62 bits per heavy atom. The van der Waals surface area contributed by atoms with Crippen molar-refractivity contribution in [3.8, 4) is 0 Å². The van der Waals surface area contributed by atoms with Gasteiger partial charge in [-0.3, -0.25) is 9.59 Å². The van der Waals surface area contributed by atoms with Gasteiger partial charge in [-0.25, -0.2) is 4.79 Å². The van der Waals surface area contributed by atoms with Crippen LogP contribution in [-0.4, -0.2) is 46.5 Å². The van der Waals surface area contributed by atoms with Crippen molar-refractivity contribution in [2.24, 2.45) is 5.41 Å². The molecule has 0 atom stereocenters. The zero-order chi connectivity index (χ0) is 18.0. The summed E-state index contributed by atoms with van der Waals surface area (Å²) >= 11 is 0. The summed E-state index contributed by atoms with van der Waals surface area (Å²) in [6, 6.07) is 8.42. The SMILES string of the molecule is CC(C)(C)OC(=O)N1CCC(C(=O)O)(C(=O)c2ccccc2)CC1. The lowest BCUT2D eigenvalue weighted by molar-refractivity contribution is -0.148. The third kappa shape index (κ3) is 3.75. The molecule has 0 spiro atoms. The maximum Gasteiger partial charge on any atom is 0.410 e. The minimum Gasteiger partial charge on any atom is -0.480 e. The lowest BCUT2D eigenvalue weighted by atomic mass is 9.73. The summed E-state index contributed by atoms with van der Waals surface area (Å²) in [5.41, 5.74) is -1.72. The van der Waals surface area contributed by atoms with Crippen LogP contribution in [0.2, 0.25) is 0 Å². The first-order chi connectivity index (χ1) is 11.2. The topological polar surface area (TPSA) is 83.9 Å². The standard InChI is InChI=1S/C18H23NO5/c1-17(2,3)24-16(23)19-11-9-18(10-12-19,15(21)22)14(20)13-7-5-4-6-8-13/h4-8H,9-12H2,1-3H3,(H,21,22). The van der Waals surface area contributed by atoms with Gasteiger partial charge in [0.15, 0.2) is 5.78 Å². The fourth-order valence-corrected chi connectivity index (χ4v) is 2.80. The van der Waals surface area contributed by atoms with Crippen LogP contribution in [0.25, 0.3) is 0 Å². The van der Waals surface area contributed by atoms with E-state index in [9.17, 15) is 19.5 Å². The van der Waals surface area contributed by atoms with E-state index in [0.29, 0.717) is 5.56 Å². The summed E-state index contributed by atoms with van der Waals surface area (Å²) in [5, 5.41) is 9.68. The average Bonchev–Trinajstić information content (AvgIpc) is 2.53.